The van der Waals surface area contributed by atoms with Gasteiger partial charge in [0.2, 0.25) is 6.54 Å². The van der Waals surface area contributed by atoms with E-state index in [1.807, 2.05) is 0 Å². The van der Waals surface area contributed by atoms with Crippen LogP contribution in [0.2, 0.25) is 0 Å². The highest BCUT2D eigenvalue weighted by Crippen LogP contribution is 2.15. The van der Waals surface area contributed by atoms with Gasteiger partial charge in [-0.3, -0.25) is 14.9 Å². The number of rotatable bonds is 5. The minimum absolute atomic E-state index is 0.0742. The molecule has 0 saturated heterocycles. The minimum Gasteiger partial charge on any atom is -0.392 e. The molecule has 7 nitrogen and oxygen atoms in total. The third-order valence-corrected chi connectivity index (χ3v) is 2.09. The molecular weight excluding hydrogens is 202 g/mol. The Labute approximate surface area is 86.6 Å². The van der Waals surface area contributed by atoms with Crippen LogP contribution in [0.15, 0.2) is 5.16 Å². The van der Waals surface area contributed by atoms with E-state index in [2.05, 4.69) is 10.5 Å². The number of hydrogen-bond acceptors (Lipinski definition) is 5. The smallest absolute Gasteiger partial charge is 0.268 e. The summed E-state index contributed by atoms with van der Waals surface area (Å²) in [5.74, 6) is -0.258. The zero-order chi connectivity index (χ0) is 11.3. The second kappa shape index (κ2) is 5.28. The summed E-state index contributed by atoms with van der Waals surface area (Å²) in [4.78, 5) is 25.8. The van der Waals surface area contributed by atoms with Crippen molar-refractivity contribution < 1.29 is 14.6 Å². The Balaban J connectivity index is 2.22. The van der Waals surface area contributed by atoms with Gasteiger partial charge in [-0.15, -0.1) is 0 Å². The Morgan fingerprint density at radius 2 is 2.53 bits per heavy atom. The van der Waals surface area contributed by atoms with Gasteiger partial charge in [-0.25, -0.2) is 0 Å². The molecule has 0 saturated carbocycles. The van der Waals surface area contributed by atoms with Gasteiger partial charge in [-0.2, -0.15) is 0 Å². The van der Waals surface area contributed by atoms with Crippen LogP contribution in [0.25, 0.3) is 0 Å². The molecule has 15 heavy (non-hydrogen) atoms. The van der Waals surface area contributed by atoms with Crippen molar-refractivity contribution >= 4 is 11.6 Å². The summed E-state index contributed by atoms with van der Waals surface area (Å²) in [5.41, 5.74) is 0.351. The molecular formula is C8H13N3O4. The molecule has 0 spiro atoms. The lowest BCUT2D eigenvalue weighted by atomic mass is 10.1. The van der Waals surface area contributed by atoms with Crippen LogP contribution >= 0.6 is 0 Å². The van der Waals surface area contributed by atoms with Crippen LogP contribution in [0.5, 0.6) is 0 Å². The van der Waals surface area contributed by atoms with Crippen LogP contribution < -0.4 is 5.32 Å². The van der Waals surface area contributed by atoms with Crippen LogP contribution in [0.3, 0.4) is 0 Å². The lowest BCUT2D eigenvalue weighted by Crippen LogP contribution is -2.27. The molecule has 7 heteroatoms. The van der Waals surface area contributed by atoms with E-state index < -0.39 is 0 Å². The third-order valence-electron chi connectivity index (χ3n) is 2.09. The predicted molar refractivity (Wildman–Crippen MR) is 52.1 cm³/mol. The lowest BCUT2D eigenvalue weighted by Gasteiger charge is -2.04. The third kappa shape index (κ3) is 3.53. The molecule has 1 heterocycles. The zero-order valence-corrected chi connectivity index (χ0v) is 8.43. The molecule has 0 fully saturated rings. The number of nitrogens with zero attached hydrogens (tertiary/aromatic N) is 2. The molecule has 84 valence electrons. The maximum absolute atomic E-state index is 11.1. The average molecular weight is 215 g/mol. The van der Waals surface area contributed by atoms with Crippen LogP contribution in [0, 0.1) is 10.1 Å². The fourth-order valence-corrected chi connectivity index (χ4v) is 1.31. The molecule has 1 atom stereocenters. The Morgan fingerprint density at radius 1 is 1.80 bits per heavy atom. The summed E-state index contributed by atoms with van der Waals surface area (Å²) >= 11 is 0. The highest BCUT2D eigenvalue weighted by Gasteiger charge is 2.25. The molecule has 0 aliphatic carbocycles. The number of amides is 1. The first-order valence-electron chi connectivity index (χ1n) is 4.70. The Morgan fingerprint density at radius 3 is 3.13 bits per heavy atom. The van der Waals surface area contributed by atoms with Crippen molar-refractivity contribution in [1.29, 1.82) is 0 Å². The van der Waals surface area contributed by atoms with E-state index in [1.165, 1.54) is 7.05 Å². The summed E-state index contributed by atoms with van der Waals surface area (Å²) in [6, 6.07) is 0. The van der Waals surface area contributed by atoms with Crippen molar-refractivity contribution in [3.8, 4) is 0 Å². The highest BCUT2D eigenvalue weighted by molar-refractivity contribution is 6.39. The van der Waals surface area contributed by atoms with Crippen LogP contribution in [-0.2, 0) is 9.63 Å². The van der Waals surface area contributed by atoms with Crippen molar-refractivity contribution in [2.24, 2.45) is 5.16 Å². The fraction of sp³-hybridized carbons (Fsp3) is 0.750. The first-order valence-corrected chi connectivity index (χ1v) is 4.70. The monoisotopic (exact) mass is 215 g/mol. The van der Waals surface area contributed by atoms with E-state index in [-0.39, 0.29) is 23.5 Å². The van der Waals surface area contributed by atoms with Crippen LogP contribution in [0.4, 0.5) is 0 Å². The zero-order valence-electron chi connectivity index (χ0n) is 8.43. The molecule has 1 unspecified atom stereocenters. The highest BCUT2D eigenvalue weighted by atomic mass is 16.6. The van der Waals surface area contributed by atoms with Gasteiger partial charge in [-0.05, 0) is 6.42 Å². The normalized spacial score (nSPS) is 19.3. The number of hydrogen-bond donors (Lipinski definition) is 1. The van der Waals surface area contributed by atoms with Gasteiger partial charge in [0.05, 0.1) is 0 Å². The van der Waals surface area contributed by atoms with Crippen LogP contribution in [-0.4, -0.2) is 36.2 Å². The largest absolute Gasteiger partial charge is 0.392 e. The maximum Gasteiger partial charge on any atom is 0.268 e. The molecule has 1 N–H and O–H groups in total. The second-order valence-electron chi connectivity index (χ2n) is 3.25. The Kier molecular flexibility index (Phi) is 4.02. The van der Waals surface area contributed by atoms with E-state index in [0.717, 1.165) is 0 Å². The quantitative estimate of drug-likeness (QED) is 0.513. The summed E-state index contributed by atoms with van der Waals surface area (Å²) < 4.78 is 0. The number of carbonyl (C=O) groups excluding carboxylic acids is 1. The SMILES string of the molecule is CNC(=O)C1=NOC(CCC[N+](=O)[O-])C1. The average Bonchev–Trinajstić information content (AvgIpc) is 2.65. The molecule has 1 aliphatic heterocycles. The van der Waals surface area contributed by atoms with Crippen molar-refractivity contribution in [1.82, 2.24) is 5.32 Å². The topological polar surface area (TPSA) is 93.8 Å². The van der Waals surface area contributed by atoms with Gasteiger partial charge in [0, 0.05) is 24.8 Å². The van der Waals surface area contributed by atoms with Gasteiger partial charge in [-0.1, -0.05) is 5.16 Å². The van der Waals surface area contributed by atoms with Crippen molar-refractivity contribution in [3.05, 3.63) is 10.1 Å². The van der Waals surface area contributed by atoms with Gasteiger partial charge in [0.25, 0.3) is 5.91 Å². The Bertz CT molecular complexity index is 290. The molecule has 1 amide bonds. The van der Waals surface area contributed by atoms with Gasteiger partial charge in [0.1, 0.15) is 11.8 Å². The molecule has 0 aromatic carbocycles. The van der Waals surface area contributed by atoms with Crippen molar-refractivity contribution in [2.75, 3.05) is 13.6 Å². The van der Waals surface area contributed by atoms with E-state index in [4.69, 9.17) is 4.84 Å². The second-order valence-corrected chi connectivity index (χ2v) is 3.25. The number of nitrogens with one attached hydrogen (secondary N) is 1. The number of carbonyl (C=O) groups is 1. The lowest BCUT2D eigenvalue weighted by molar-refractivity contribution is -0.480. The molecule has 0 radical (unpaired) electrons. The minimum atomic E-state index is -0.366. The molecule has 0 aromatic heterocycles. The van der Waals surface area contributed by atoms with E-state index in [0.29, 0.717) is 25.0 Å². The van der Waals surface area contributed by atoms with Crippen LogP contribution in [0.1, 0.15) is 19.3 Å². The van der Waals surface area contributed by atoms with E-state index in [1.54, 1.807) is 0 Å². The Hall–Kier alpha value is -1.66. The standard InChI is InChI=1S/C8H13N3O4/c1-9-8(12)7-5-6(15-10-7)3-2-4-11(13)14/h6H,2-5H2,1H3,(H,9,12). The molecule has 0 aromatic rings. The van der Waals surface area contributed by atoms with Crippen molar-refractivity contribution in [3.63, 3.8) is 0 Å². The molecule has 1 rings (SSSR count). The number of nitro groups is 1. The predicted octanol–water partition coefficient (Wildman–Crippen LogP) is -0.0658. The first-order chi connectivity index (χ1) is 7.13. The summed E-state index contributed by atoms with van der Waals surface area (Å²) in [6.07, 6.45) is 1.22. The first kappa shape index (κ1) is 11.4. The van der Waals surface area contributed by atoms with Gasteiger partial charge in [0.15, 0.2) is 0 Å². The summed E-state index contributed by atoms with van der Waals surface area (Å²) in [7, 11) is 1.52. The van der Waals surface area contributed by atoms with Gasteiger partial charge < -0.3 is 10.2 Å². The summed E-state index contributed by atoms with van der Waals surface area (Å²) in [6.45, 7) is -0.0742. The van der Waals surface area contributed by atoms with Crippen molar-refractivity contribution in [2.45, 2.75) is 25.4 Å². The molecule has 0 bridgehead atoms. The van der Waals surface area contributed by atoms with Gasteiger partial charge >= 0.3 is 0 Å². The number of oxime groups is 1. The molecule has 1 aliphatic rings. The van der Waals surface area contributed by atoms with E-state index >= 15 is 0 Å². The fourth-order valence-electron chi connectivity index (χ4n) is 1.31. The maximum atomic E-state index is 11.1. The van der Waals surface area contributed by atoms with E-state index in [9.17, 15) is 14.9 Å². The summed E-state index contributed by atoms with van der Waals surface area (Å²) in [5, 5.41) is 16.1.